The van der Waals surface area contributed by atoms with Crippen molar-refractivity contribution in [2.45, 2.75) is 40.2 Å². The van der Waals surface area contributed by atoms with Crippen molar-refractivity contribution in [3.8, 4) is 18.1 Å². The number of amides is 1. The Morgan fingerprint density at radius 2 is 1.90 bits per heavy atom. The number of nitrogens with one attached hydrogen (secondary N) is 1. The molecule has 0 aliphatic carbocycles. The number of rotatable bonds is 4. The number of hydrogen-bond donors (Lipinski definition) is 1. The Kier molecular flexibility index (Phi) is 8.71. The van der Waals surface area contributed by atoms with E-state index in [4.69, 9.17) is 15.9 Å². The first-order valence-corrected chi connectivity index (χ1v) is 7.07. The molecule has 0 aliphatic heterocycles. The number of benzene rings is 1. The predicted octanol–water partition coefficient (Wildman–Crippen LogP) is 3.60. The van der Waals surface area contributed by atoms with Gasteiger partial charge in [0.15, 0.2) is 0 Å². The predicted molar refractivity (Wildman–Crippen MR) is 85.5 cm³/mol. The highest BCUT2D eigenvalue weighted by atomic mass is 16.6. The zero-order chi connectivity index (χ0) is 16.3. The summed E-state index contributed by atoms with van der Waals surface area (Å²) in [6, 6.07) is 7.29. The largest absolute Gasteiger partial charge is 0.490 e. The second-order valence-electron chi connectivity index (χ2n) is 4.92. The number of carbonyl (C=O) groups is 1. The minimum absolute atomic E-state index is 0.331. The maximum atomic E-state index is 11.4. The van der Waals surface area contributed by atoms with Gasteiger partial charge in [-0.2, -0.15) is 0 Å². The van der Waals surface area contributed by atoms with E-state index in [9.17, 15) is 4.79 Å². The van der Waals surface area contributed by atoms with Gasteiger partial charge in [0.2, 0.25) is 0 Å². The highest BCUT2D eigenvalue weighted by molar-refractivity contribution is 5.67. The van der Waals surface area contributed by atoms with Crippen LogP contribution in [-0.2, 0) is 4.74 Å². The summed E-state index contributed by atoms with van der Waals surface area (Å²) >= 11 is 0. The van der Waals surface area contributed by atoms with Crippen molar-refractivity contribution in [2.75, 3.05) is 13.2 Å². The van der Waals surface area contributed by atoms with Gasteiger partial charge in [-0.3, -0.25) is 0 Å². The molecule has 1 aromatic carbocycles. The Bertz CT molecular complexity index is 470. The van der Waals surface area contributed by atoms with Gasteiger partial charge in [-0.15, -0.1) is 6.42 Å². The SMILES string of the molecule is C#Cc1ccccc1OCCNC(=O)OC(C)(C)C.CC. The van der Waals surface area contributed by atoms with Crippen LogP contribution in [0.4, 0.5) is 4.79 Å². The smallest absolute Gasteiger partial charge is 0.407 e. The minimum Gasteiger partial charge on any atom is -0.490 e. The van der Waals surface area contributed by atoms with E-state index >= 15 is 0 Å². The Hall–Kier alpha value is -2.15. The fourth-order valence-corrected chi connectivity index (χ4v) is 1.34. The Morgan fingerprint density at radius 3 is 2.48 bits per heavy atom. The van der Waals surface area contributed by atoms with Crippen LogP contribution in [0.5, 0.6) is 5.75 Å². The molecule has 1 N–H and O–H groups in total. The normalized spacial score (nSPS) is 9.71. The van der Waals surface area contributed by atoms with Gasteiger partial charge >= 0.3 is 6.09 Å². The molecule has 4 nitrogen and oxygen atoms in total. The fraction of sp³-hybridized carbons (Fsp3) is 0.471. The lowest BCUT2D eigenvalue weighted by Gasteiger charge is -2.19. The van der Waals surface area contributed by atoms with Crippen LogP contribution in [0.3, 0.4) is 0 Å². The van der Waals surface area contributed by atoms with Crippen molar-refractivity contribution in [3.05, 3.63) is 29.8 Å². The minimum atomic E-state index is -0.499. The molecule has 0 aliphatic rings. The van der Waals surface area contributed by atoms with Crippen LogP contribution in [-0.4, -0.2) is 24.8 Å². The molecule has 0 saturated heterocycles. The van der Waals surface area contributed by atoms with Crippen LogP contribution in [0.2, 0.25) is 0 Å². The first kappa shape index (κ1) is 18.9. The molecule has 1 rings (SSSR count). The first-order chi connectivity index (χ1) is 9.92. The van der Waals surface area contributed by atoms with Crippen LogP contribution >= 0.6 is 0 Å². The lowest BCUT2D eigenvalue weighted by Crippen LogP contribution is -2.34. The van der Waals surface area contributed by atoms with Crippen LogP contribution in [0.15, 0.2) is 24.3 Å². The molecule has 0 aromatic heterocycles. The standard InChI is InChI=1S/C15H19NO3.C2H6/c1-5-12-8-6-7-9-13(12)18-11-10-16-14(17)19-15(2,3)4;1-2/h1,6-9H,10-11H2,2-4H3,(H,16,17);1-2H3. The molecule has 0 fully saturated rings. The van der Waals surface area contributed by atoms with E-state index in [1.54, 1.807) is 12.1 Å². The summed E-state index contributed by atoms with van der Waals surface area (Å²) in [5, 5.41) is 2.61. The van der Waals surface area contributed by atoms with Gasteiger partial charge in [0.05, 0.1) is 12.1 Å². The van der Waals surface area contributed by atoms with Crippen molar-refractivity contribution >= 4 is 6.09 Å². The van der Waals surface area contributed by atoms with Crippen LogP contribution in [0, 0.1) is 12.3 Å². The number of terminal acetylenes is 1. The van der Waals surface area contributed by atoms with Gasteiger partial charge in [-0.1, -0.05) is 31.9 Å². The third-order valence-corrected chi connectivity index (χ3v) is 2.07. The zero-order valence-corrected chi connectivity index (χ0v) is 13.5. The molecule has 1 aromatic rings. The van der Waals surface area contributed by atoms with E-state index < -0.39 is 11.7 Å². The molecule has 0 bridgehead atoms. The Morgan fingerprint density at radius 1 is 1.29 bits per heavy atom. The van der Waals surface area contributed by atoms with Gasteiger partial charge in [-0.05, 0) is 32.9 Å². The first-order valence-electron chi connectivity index (χ1n) is 7.07. The van der Waals surface area contributed by atoms with Crippen molar-refractivity contribution in [3.63, 3.8) is 0 Å². The van der Waals surface area contributed by atoms with E-state index in [1.807, 2.05) is 46.8 Å². The Labute approximate surface area is 127 Å². The van der Waals surface area contributed by atoms with Gasteiger partial charge in [0.1, 0.15) is 18.0 Å². The number of hydrogen-bond acceptors (Lipinski definition) is 3. The summed E-state index contributed by atoms with van der Waals surface area (Å²) in [6.07, 6.45) is 4.90. The monoisotopic (exact) mass is 291 g/mol. The van der Waals surface area contributed by atoms with Crippen molar-refractivity contribution in [2.24, 2.45) is 0 Å². The highest BCUT2D eigenvalue weighted by Gasteiger charge is 2.15. The lowest BCUT2D eigenvalue weighted by atomic mass is 10.2. The number of ether oxygens (including phenoxy) is 2. The van der Waals surface area contributed by atoms with Gasteiger partial charge in [0, 0.05) is 0 Å². The topological polar surface area (TPSA) is 47.6 Å². The second kappa shape index (κ2) is 9.71. The molecule has 4 heteroatoms. The molecule has 0 atom stereocenters. The summed E-state index contributed by atoms with van der Waals surface area (Å²) in [6.45, 7) is 10.1. The molecular formula is C17H25NO3. The summed E-state index contributed by atoms with van der Waals surface area (Å²) in [4.78, 5) is 11.4. The van der Waals surface area contributed by atoms with E-state index in [-0.39, 0.29) is 0 Å². The lowest BCUT2D eigenvalue weighted by molar-refractivity contribution is 0.0520. The number of carbonyl (C=O) groups excluding carboxylic acids is 1. The van der Waals surface area contributed by atoms with Crippen LogP contribution in [0.1, 0.15) is 40.2 Å². The molecule has 1 amide bonds. The van der Waals surface area contributed by atoms with Crippen LogP contribution < -0.4 is 10.1 Å². The van der Waals surface area contributed by atoms with Crippen LogP contribution in [0.25, 0.3) is 0 Å². The molecule has 0 spiro atoms. The van der Waals surface area contributed by atoms with E-state index in [1.165, 1.54) is 0 Å². The molecular weight excluding hydrogens is 266 g/mol. The molecule has 21 heavy (non-hydrogen) atoms. The average Bonchev–Trinajstić information content (AvgIpc) is 2.44. The molecule has 0 heterocycles. The third kappa shape index (κ3) is 8.59. The fourth-order valence-electron chi connectivity index (χ4n) is 1.34. The molecule has 0 radical (unpaired) electrons. The summed E-state index contributed by atoms with van der Waals surface area (Å²) in [5.41, 5.74) is 0.195. The average molecular weight is 291 g/mol. The van der Waals surface area contributed by atoms with E-state index in [2.05, 4.69) is 11.2 Å². The highest BCUT2D eigenvalue weighted by Crippen LogP contribution is 2.15. The molecule has 116 valence electrons. The van der Waals surface area contributed by atoms with Crippen molar-refractivity contribution in [1.29, 1.82) is 0 Å². The number of para-hydroxylation sites is 1. The maximum absolute atomic E-state index is 11.4. The summed E-state index contributed by atoms with van der Waals surface area (Å²) in [5.74, 6) is 3.17. The van der Waals surface area contributed by atoms with E-state index in [0.717, 1.165) is 0 Å². The second-order valence-corrected chi connectivity index (χ2v) is 4.92. The summed E-state index contributed by atoms with van der Waals surface area (Å²) < 4.78 is 10.6. The number of alkyl carbamates (subject to hydrolysis) is 1. The summed E-state index contributed by atoms with van der Waals surface area (Å²) in [7, 11) is 0. The zero-order valence-electron chi connectivity index (χ0n) is 13.5. The van der Waals surface area contributed by atoms with E-state index in [0.29, 0.717) is 24.5 Å². The molecule has 0 saturated carbocycles. The van der Waals surface area contributed by atoms with Crippen molar-refractivity contribution < 1.29 is 14.3 Å². The third-order valence-electron chi connectivity index (χ3n) is 2.07. The van der Waals surface area contributed by atoms with Crippen molar-refractivity contribution in [1.82, 2.24) is 5.32 Å². The quantitative estimate of drug-likeness (QED) is 0.681. The van der Waals surface area contributed by atoms with Gasteiger partial charge < -0.3 is 14.8 Å². The van der Waals surface area contributed by atoms with Gasteiger partial charge in [0.25, 0.3) is 0 Å². The maximum Gasteiger partial charge on any atom is 0.407 e. The molecule has 0 unspecified atom stereocenters. The van der Waals surface area contributed by atoms with Gasteiger partial charge in [-0.25, -0.2) is 4.79 Å². The Balaban J connectivity index is 0.00000191.